The normalized spacial score (nSPS) is 10.4. The summed E-state index contributed by atoms with van der Waals surface area (Å²) >= 11 is 0. The third-order valence-electron chi connectivity index (χ3n) is 2.14. The van der Waals surface area contributed by atoms with Gasteiger partial charge in [-0.25, -0.2) is 14.3 Å². The largest absolute Gasteiger partial charge is 0.464 e. The van der Waals surface area contributed by atoms with E-state index in [9.17, 15) is 4.79 Å². The van der Waals surface area contributed by atoms with Gasteiger partial charge in [0.05, 0.1) is 5.69 Å². The van der Waals surface area contributed by atoms with Crippen LogP contribution in [0.1, 0.15) is 38.2 Å². The molecule has 0 saturated carbocycles. The van der Waals surface area contributed by atoms with Crippen molar-refractivity contribution in [3.8, 4) is 0 Å². The average Bonchev–Trinajstić information content (AvgIpc) is 2.57. The Morgan fingerprint density at radius 1 is 1.57 bits per heavy atom. The Balaban J connectivity index is 2.83. The van der Waals surface area contributed by atoms with Crippen molar-refractivity contribution >= 4 is 6.09 Å². The molecule has 0 atom stereocenters. The van der Waals surface area contributed by atoms with E-state index in [1.807, 2.05) is 6.92 Å². The number of carboxylic acid groups (broad SMARTS) is 1. The van der Waals surface area contributed by atoms with E-state index >= 15 is 0 Å². The molecule has 4 heteroatoms. The number of imidazole rings is 1. The highest BCUT2D eigenvalue weighted by Gasteiger charge is 2.10. The van der Waals surface area contributed by atoms with Crippen LogP contribution in [0.2, 0.25) is 0 Å². The van der Waals surface area contributed by atoms with Crippen molar-refractivity contribution in [3.63, 3.8) is 0 Å². The molecule has 4 nitrogen and oxygen atoms in total. The molecule has 0 fully saturated rings. The topological polar surface area (TPSA) is 55.1 Å². The summed E-state index contributed by atoms with van der Waals surface area (Å²) in [5.74, 6) is 0.628. The lowest BCUT2D eigenvalue weighted by atomic mass is 10.2. The summed E-state index contributed by atoms with van der Waals surface area (Å²) in [5, 5.41) is 8.86. The highest BCUT2D eigenvalue weighted by molar-refractivity contribution is 5.68. The molecule has 0 aliphatic rings. The fraction of sp³-hybridized carbons (Fsp3) is 0.600. The molecule has 0 amide bonds. The number of carbonyl (C=O) groups is 1. The first-order chi connectivity index (χ1) is 6.69. The van der Waals surface area contributed by atoms with E-state index in [0.29, 0.717) is 12.2 Å². The standard InChI is InChI=1S/C10H16N2O2/c1-3-5-6-8-7-12(10(13)14)9(4-2)11-8/h7H,3-6H2,1-2H3,(H,13,14). The van der Waals surface area contributed by atoms with E-state index in [-0.39, 0.29) is 0 Å². The molecule has 1 N–H and O–H groups in total. The van der Waals surface area contributed by atoms with Crippen LogP contribution in [-0.4, -0.2) is 20.8 Å². The van der Waals surface area contributed by atoms with Crippen LogP contribution < -0.4 is 0 Å². The molecule has 0 saturated heterocycles. The fourth-order valence-corrected chi connectivity index (χ4v) is 1.37. The van der Waals surface area contributed by atoms with E-state index in [4.69, 9.17) is 5.11 Å². The zero-order valence-corrected chi connectivity index (χ0v) is 8.66. The molecule has 0 spiro atoms. The number of nitrogens with zero attached hydrogens (tertiary/aromatic N) is 2. The lowest BCUT2D eigenvalue weighted by Crippen LogP contribution is -2.10. The second-order valence-electron chi connectivity index (χ2n) is 3.26. The number of aryl methyl sites for hydroxylation is 2. The molecule has 14 heavy (non-hydrogen) atoms. The molecule has 0 aromatic carbocycles. The van der Waals surface area contributed by atoms with Gasteiger partial charge in [0.2, 0.25) is 0 Å². The van der Waals surface area contributed by atoms with Crippen LogP contribution in [0.5, 0.6) is 0 Å². The lowest BCUT2D eigenvalue weighted by Gasteiger charge is -1.95. The zero-order chi connectivity index (χ0) is 10.6. The maximum atomic E-state index is 10.8. The predicted molar refractivity (Wildman–Crippen MR) is 53.6 cm³/mol. The minimum atomic E-state index is -0.947. The summed E-state index contributed by atoms with van der Waals surface area (Å²) in [6, 6.07) is 0. The van der Waals surface area contributed by atoms with Crippen molar-refractivity contribution in [2.24, 2.45) is 0 Å². The van der Waals surface area contributed by atoms with Crippen LogP contribution in [0.4, 0.5) is 4.79 Å². The number of hydrogen-bond donors (Lipinski definition) is 1. The van der Waals surface area contributed by atoms with Crippen LogP contribution in [0.25, 0.3) is 0 Å². The minimum absolute atomic E-state index is 0.628. The van der Waals surface area contributed by atoms with Crippen molar-refractivity contribution < 1.29 is 9.90 Å². The van der Waals surface area contributed by atoms with Crippen LogP contribution in [-0.2, 0) is 12.8 Å². The van der Waals surface area contributed by atoms with E-state index < -0.39 is 6.09 Å². The maximum absolute atomic E-state index is 10.8. The first-order valence-electron chi connectivity index (χ1n) is 4.99. The molecule has 0 bridgehead atoms. The van der Waals surface area contributed by atoms with E-state index in [2.05, 4.69) is 11.9 Å². The Bertz CT molecular complexity index is 318. The Hall–Kier alpha value is -1.32. The van der Waals surface area contributed by atoms with Gasteiger partial charge >= 0.3 is 6.09 Å². The summed E-state index contributed by atoms with van der Waals surface area (Å²) in [5.41, 5.74) is 0.881. The van der Waals surface area contributed by atoms with Gasteiger partial charge in [0, 0.05) is 12.6 Å². The second-order valence-corrected chi connectivity index (χ2v) is 3.26. The first kappa shape index (κ1) is 10.8. The maximum Gasteiger partial charge on any atom is 0.417 e. The van der Waals surface area contributed by atoms with Gasteiger partial charge < -0.3 is 5.11 Å². The van der Waals surface area contributed by atoms with Crippen molar-refractivity contribution in [3.05, 3.63) is 17.7 Å². The first-order valence-corrected chi connectivity index (χ1v) is 4.99. The Labute approximate surface area is 83.6 Å². The summed E-state index contributed by atoms with van der Waals surface area (Å²) < 4.78 is 1.21. The summed E-state index contributed by atoms with van der Waals surface area (Å²) in [6.45, 7) is 4.01. The van der Waals surface area contributed by atoms with Gasteiger partial charge in [-0.1, -0.05) is 20.3 Å². The smallest absolute Gasteiger partial charge is 0.417 e. The van der Waals surface area contributed by atoms with Crippen molar-refractivity contribution in [1.82, 2.24) is 9.55 Å². The summed E-state index contributed by atoms with van der Waals surface area (Å²) in [4.78, 5) is 15.1. The second kappa shape index (κ2) is 4.79. The third kappa shape index (κ3) is 2.34. The molecular formula is C10H16N2O2. The van der Waals surface area contributed by atoms with E-state index in [1.165, 1.54) is 4.57 Å². The predicted octanol–water partition coefficient (Wildman–Crippen LogP) is 2.31. The molecule has 1 rings (SSSR count). The lowest BCUT2D eigenvalue weighted by molar-refractivity contribution is 0.195. The minimum Gasteiger partial charge on any atom is -0.464 e. The van der Waals surface area contributed by atoms with Crippen molar-refractivity contribution in [2.45, 2.75) is 39.5 Å². The zero-order valence-electron chi connectivity index (χ0n) is 8.66. The van der Waals surface area contributed by atoms with Crippen LogP contribution in [0, 0.1) is 0 Å². The summed E-state index contributed by atoms with van der Waals surface area (Å²) in [6.07, 6.45) is 4.34. The molecule has 1 aromatic rings. The molecule has 0 aliphatic heterocycles. The van der Waals surface area contributed by atoms with E-state index in [1.54, 1.807) is 6.20 Å². The fourth-order valence-electron chi connectivity index (χ4n) is 1.37. The van der Waals surface area contributed by atoms with Gasteiger partial charge in [0.15, 0.2) is 0 Å². The number of rotatable bonds is 4. The quantitative estimate of drug-likeness (QED) is 0.804. The third-order valence-corrected chi connectivity index (χ3v) is 2.14. The van der Waals surface area contributed by atoms with Gasteiger partial charge in [0.25, 0.3) is 0 Å². The number of unbranched alkanes of at least 4 members (excludes halogenated alkanes) is 1. The van der Waals surface area contributed by atoms with Gasteiger partial charge in [0.1, 0.15) is 5.82 Å². The number of aromatic nitrogens is 2. The number of hydrogen-bond acceptors (Lipinski definition) is 2. The van der Waals surface area contributed by atoms with Crippen LogP contribution in [0.15, 0.2) is 6.20 Å². The van der Waals surface area contributed by atoms with E-state index in [0.717, 1.165) is 25.0 Å². The van der Waals surface area contributed by atoms with Crippen molar-refractivity contribution in [2.75, 3.05) is 0 Å². The Kier molecular flexibility index (Phi) is 3.68. The highest BCUT2D eigenvalue weighted by Crippen LogP contribution is 2.07. The van der Waals surface area contributed by atoms with Crippen molar-refractivity contribution in [1.29, 1.82) is 0 Å². The molecule has 0 aliphatic carbocycles. The Morgan fingerprint density at radius 3 is 2.71 bits per heavy atom. The van der Waals surface area contributed by atoms with Crippen LogP contribution >= 0.6 is 0 Å². The monoisotopic (exact) mass is 196 g/mol. The van der Waals surface area contributed by atoms with Gasteiger partial charge in [-0.3, -0.25) is 0 Å². The molecule has 0 radical (unpaired) electrons. The Morgan fingerprint density at radius 2 is 2.29 bits per heavy atom. The average molecular weight is 196 g/mol. The van der Waals surface area contributed by atoms with Crippen LogP contribution in [0.3, 0.4) is 0 Å². The molecular weight excluding hydrogens is 180 g/mol. The summed E-state index contributed by atoms with van der Waals surface area (Å²) in [7, 11) is 0. The van der Waals surface area contributed by atoms with Gasteiger partial charge in [-0.05, 0) is 12.8 Å². The molecule has 1 aromatic heterocycles. The SMILES string of the molecule is CCCCc1cn(C(=O)O)c(CC)n1. The van der Waals surface area contributed by atoms with Gasteiger partial charge in [-0.2, -0.15) is 0 Å². The highest BCUT2D eigenvalue weighted by atomic mass is 16.4. The molecule has 0 unspecified atom stereocenters. The molecule has 78 valence electrons. The molecule has 1 heterocycles. The van der Waals surface area contributed by atoms with Gasteiger partial charge in [-0.15, -0.1) is 0 Å².